The minimum atomic E-state index is -0.506. The quantitative estimate of drug-likeness (QED) is 0.894. The molecule has 0 saturated heterocycles. The lowest BCUT2D eigenvalue weighted by atomic mass is 10.1. The molecule has 0 radical (unpaired) electrons. The summed E-state index contributed by atoms with van der Waals surface area (Å²) in [6.45, 7) is 4.32. The maximum atomic E-state index is 9.67. The first-order valence-corrected chi connectivity index (χ1v) is 6.53. The average Bonchev–Trinajstić information content (AvgIpc) is 2.78. The Kier molecular flexibility index (Phi) is 3.82. The molecule has 1 atom stereocenters. The van der Waals surface area contributed by atoms with Gasteiger partial charge in [-0.05, 0) is 47.9 Å². The van der Waals surface area contributed by atoms with Gasteiger partial charge in [-0.3, -0.25) is 0 Å². The van der Waals surface area contributed by atoms with Crippen LogP contribution in [-0.2, 0) is 6.61 Å². The van der Waals surface area contributed by atoms with Gasteiger partial charge in [-0.1, -0.05) is 12.1 Å². The smallest absolute Gasteiger partial charge is 0.125 e. The molecule has 2 nitrogen and oxygen atoms in total. The fourth-order valence-electron chi connectivity index (χ4n) is 1.65. The van der Waals surface area contributed by atoms with Crippen LogP contribution in [0, 0.1) is 6.92 Å². The molecule has 1 unspecified atom stereocenters. The highest BCUT2D eigenvalue weighted by Crippen LogP contribution is 2.27. The van der Waals surface area contributed by atoms with Crippen molar-refractivity contribution in [2.45, 2.75) is 26.6 Å². The first kappa shape index (κ1) is 12.1. The van der Waals surface area contributed by atoms with E-state index in [2.05, 4.69) is 5.38 Å². The Morgan fingerprint density at radius 3 is 2.82 bits per heavy atom. The van der Waals surface area contributed by atoms with Gasteiger partial charge in [0, 0.05) is 5.56 Å². The SMILES string of the molecule is Cc1ccc(C(C)O)c(OCc2ccsc2)c1. The maximum Gasteiger partial charge on any atom is 0.125 e. The zero-order valence-electron chi connectivity index (χ0n) is 10.0. The van der Waals surface area contributed by atoms with Crippen molar-refractivity contribution in [3.63, 3.8) is 0 Å². The number of hydrogen-bond donors (Lipinski definition) is 1. The molecule has 2 aromatic rings. The Morgan fingerprint density at radius 2 is 2.18 bits per heavy atom. The molecule has 0 bridgehead atoms. The summed E-state index contributed by atoms with van der Waals surface area (Å²) in [4.78, 5) is 0. The summed E-state index contributed by atoms with van der Waals surface area (Å²) in [5.41, 5.74) is 3.13. The Morgan fingerprint density at radius 1 is 1.35 bits per heavy atom. The third-order valence-corrected chi connectivity index (χ3v) is 3.33. The first-order valence-electron chi connectivity index (χ1n) is 5.59. The van der Waals surface area contributed by atoms with E-state index in [0.29, 0.717) is 6.61 Å². The number of thiophene rings is 1. The minimum Gasteiger partial charge on any atom is -0.488 e. The second-order valence-electron chi connectivity index (χ2n) is 4.14. The average molecular weight is 248 g/mol. The number of aliphatic hydroxyl groups is 1. The van der Waals surface area contributed by atoms with Gasteiger partial charge in [0.25, 0.3) is 0 Å². The van der Waals surface area contributed by atoms with Crippen LogP contribution < -0.4 is 4.74 Å². The summed E-state index contributed by atoms with van der Waals surface area (Å²) in [6.07, 6.45) is -0.506. The molecular formula is C14H16O2S. The summed E-state index contributed by atoms with van der Waals surface area (Å²) < 4.78 is 5.77. The van der Waals surface area contributed by atoms with E-state index in [1.807, 2.05) is 36.6 Å². The fourth-order valence-corrected chi connectivity index (χ4v) is 2.30. The molecular weight excluding hydrogens is 232 g/mol. The highest BCUT2D eigenvalue weighted by molar-refractivity contribution is 7.07. The van der Waals surface area contributed by atoms with Gasteiger partial charge in [0.2, 0.25) is 0 Å². The maximum absolute atomic E-state index is 9.67. The third kappa shape index (κ3) is 3.08. The summed E-state index contributed by atoms with van der Waals surface area (Å²) in [5.74, 6) is 0.770. The molecule has 17 heavy (non-hydrogen) atoms. The van der Waals surface area contributed by atoms with E-state index in [0.717, 1.165) is 22.4 Å². The van der Waals surface area contributed by atoms with E-state index in [1.165, 1.54) is 0 Å². The molecule has 1 aromatic heterocycles. The van der Waals surface area contributed by atoms with Gasteiger partial charge in [-0.15, -0.1) is 0 Å². The van der Waals surface area contributed by atoms with Gasteiger partial charge in [-0.2, -0.15) is 11.3 Å². The standard InChI is InChI=1S/C14H16O2S/c1-10-3-4-13(11(2)15)14(7-10)16-8-12-5-6-17-9-12/h3-7,9,11,15H,8H2,1-2H3. The molecule has 1 heterocycles. The van der Waals surface area contributed by atoms with E-state index in [1.54, 1.807) is 18.3 Å². The van der Waals surface area contributed by atoms with Crippen molar-refractivity contribution >= 4 is 11.3 Å². The lowest BCUT2D eigenvalue weighted by Crippen LogP contribution is -2.00. The number of rotatable bonds is 4. The van der Waals surface area contributed by atoms with E-state index in [4.69, 9.17) is 4.74 Å². The van der Waals surface area contributed by atoms with Crippen LogP contribution in [0.3, 0.4) is 0 Å². The number of ether oxygens (including phenoxy) is 1. The predicted molar refractivity (Wildman–Crippen MR) is 70.5 cm³/mol. The third-order valence-electron chi connectivity index (χ3n) is 2.59. The summed E-state index contributed by atoms with van der Waals surface area (Å²) in [5, 5.41) is 13.8. The zero-order valence-corrected chi connectivity index (χ0v) is 10.8. The second kappa shape index (κ2) is 5.34. The van der Waals surface area contributed by atoms with Crippen LogP contribution in [0.2, 0.25) is 0 Å². The van der Waals surface area contributed by atoms with Crippen molar-refractivity contribution in [3.05, 3.63) is 51.7 Å². The Bertz CT molecular complexity index is 475. The molecule has 90 valence electrons. The van der Waals surface area contributed by atoms with Gasteiger partial charge in [0.1, 0.15) is 12.4 Å². The van der Waals surface area contributed by atoms with Crippen molar-refractivity contribution in [1.29, 1.82) is 0 Å². The van der Waals surface area contributed by atoms with Gasteiger partial charge < -0.3 is 9.84 Å². The summed E-state index contributed by atoms with van der Waals surface area (Å²) in [7, 11) is 0. The second-order valence-corrected chi connectivity index (χ2v) is 4.92. The number of aryl methyl sites for hydroxylation is 1. The fraction of sp³-hybridized carbons (Fsp3) is 0.286. The molecule has 0 aliphatic carbocycles. The lowest BCUT2D eigenvalue weighted by Gasteiger charge is -2.13. The highest BCUT2D eigenvalue weighted by Gasteiger charge is 2.09. The Balaban J connectivity index is 2.16. The van der Waals surface area contributed by atoms with Crippen LogP contribution in [0.4, 0.5) is 0 Å². The minimum absolute atomic E-state index is 0.506. The largest absolute Gasteiger partial charge is 0.488 e. The normalized spacial score (nSPS) is 12.4. The summed E-state index contributed by atoms with van der Waals surface area (Å²) >= 11 is 1.66. The van der Waals surface area contributed by atoms with E-state index >= 15 is 0 Å². The predicted octanol–water partition coefficient (Wildman–Crippen LogP) is 3.69. The van der Waals surface area contributed by atoms with Crippen molar-refractivity contribution in [3.8, 4) is 5.75 Å². The number of aliphatic hydroxyl groups excluding tert-OH is 1. The molecule has 0 amide bonds. The molecule has 1 aromatic carbocycles. The molecule has 0 saturated carbocycles. The van der Waals surface area contributed by atoms with Crippen LogP contribution >= 0.6 is 11.3 Å². The van der Waals surface area contributed by atoms with E-state index in [9.17, 15) is 5.11 Å². The van der Waals surface area contributed by atoms with Crippen LogP contribution in [0.25, 0.3) is 0 Å². The van der Waals surface area contributed by atoms with Crippen molar-refractivity contribution in [2.75, 3.05) is 0 Å². The van der Waals surface area contributed by atoms with Crippen molar-refractivity contribution in [2.24, 2.45) is 0 Å². The number of benzene rings is 1. The van der Waals surface area contributed by atoms with Gasteiger partial charge in [0.15, 0.2) is 0 Å². The van der Waals surface area contributed by atoms with Crippen molar-refractivity contribution < 1.29 is 9.84 Å². The van der Waals surface area contributed by atoms with Crippen LogP contribution in [0.15, 0.2) is 35.0 Å². The Hall–Kier alpha value is -1.32. The molecule has 2 rings (SSSR count). The Labute approximate surface area is 105 Å². The molecule has 0 aliphatic heterocycles. The monoisotopic (exact) mass is 248 g/mol. The topological polar surface area (TPSA) is 29.5 Å². The molecule has 0 aliphatic rings. The van der Waals surface area contributed by atoms with Crippen LogP contribution in [0.1, 0.15) is 29.7 Å². The highest BCUT2D eigenvalue weighted by atomic mass is 32.1. The van der Waals surface area contributed by atoms with Gasteiger partial charge in [-0.25, -0.2) is 0 Å². The molecule has 0 fully saturated rings. The van der Waals surface area contributed by atoms with Crippen molar-refractivity contribution in [1.82, 2.24) is 0 Å². The zero-order chi connectivity index (χ0) is 12.3. The van der Waals surface area contributed by atoms with Gasteiger partial charge in [0.05, 0.1) is 6.10 Å². The molecule has 3 heteroatoms. The van der Waals surface area contributed by atoms with E-state index < -0.39 is 6.10 Å². The first-order chi connectivity index (χ1) is 8.16. The lowest BCUT2D eigenvalue weighted by molar-refractivity contribution is 0.190. The molecule has 0 spiro atoms. The summed E-state index contributed by atoms with van der Waals surface area (Å²) in [6, 6.07) is 7.92. The number of hydrogen-bond acceptors (Lipinski definition) is 3. The van der Waals surface area contributed by atoms with Crippen LogP contribution in [0.5, 0.6) is 5.75 Å². The van der Waals surface area contributed by atoms with E-state index in [-0.39, 0.29) is 0 Å². The molecule has 1 N–H and O–H groups in total. The van der Waals surface area contributed by atoms with Crippen LogP contribution in [-0.4, -0.2) is 5.11 Å². The van der Waals surface area contributed by atoms with Gasteiger partial charge >= 0.3 is 0 Å².